The van der Waals surface area contributed by atoms with E-state index in [-0.39, 0.29) is 5.91 Å². The lowest BCUT2D eigenvalue weighted by atomic mass is 10.2. The normalized spacial score (nSPS) is 10.2. The fourth-order valence-electron chi connectivity index (χ4n) is 2.15. The molecule has 3 aromatic rings. The second-order valence-electron chi connectivity index (χ2n) is 4.65. The Morgan fingerprint density at radius 2 is 1.86 bits per heavy atom. The smallest absolute Gasteiger partial charge is 0.259 e. The van der Waals surface area contributed by atoms with E-state index in [0.717, 1.165) is 5.69 Å². The number of hydrogen-bond acceptors (Lipinski definition) is 3. The summed E-state index contributed by atoms with van der Waals surface area (Å²) in [7, 11) is 1.55. The largest absolute Gasteiger partial charge is 0.496 e. The summed E-state index contributed by atoms with van der Waals surface area (Å²) in [5.41, 5.74) is 2.15. The average molecular weight is 293 g/mol. The molecule has 1 amide bonds. The van der Waals surface area contributed by atoms with Gasteiger partial charge >= 0.3 is 0 Å². The van der Waals surface area contributed by atoms with Crippen molar-refractivity contribution in [3.63, 3.8) is 0 Å². The molecule has 3 rings (SSSR count). The number of amides is 1. The van der Waals surface area contributed by atoms with Crippen LogP contribution in [0.2, 0.25) is 0 Å². The highest BCUT2D eigenvalue weighted by Gasteiger charge is 2.11. The first-order valence-corrected chi connectivity index (χ1v) is 6.82. The van der Waals surface area contributed by atoms with Crippen LogP contribution in [0.3, 0.4) is 0 Å². The summed E-state index contributed by atoms with van der Waals surface area (Å²) in [6.45, 7) is 0. The van der Waals surface area contributed by atoms with E-state index in [2.05, 4.69) is 10.4 Å². The lowest BCUT2D eigenvalue weighted by Crippen LogP contribution is -2.13. The number of anilines is 1. The van der Waals surface area contributed by atoms with Gasteiger partial charge in [-0.1, -0.05) is 12.1 Å². The van der Waals surface area contributed by atoms with Crippen molar-refractivity contribution in [2.24, 2.45) is 0 Å². The second-order valence-corrected chi connectivity index (χ2v) is 4.65. The van der Waals surface area contributed by atoms with Gasteiger partial charge in [0.05, 0.1) is 18.4 Å². The van der Waals surface area contributed by atoms with Crippen LogP contribution in [0.5, 0.6) is 5.75 Å². The van der Waals surface area contributed by atoms with Crippen molar-refractivity contribution in [3.8, 4) is 11.4 Å². The molecule has 0 aliphatic carbocycles. The second kappa shape index (κ2) is 6.13. The third kappa shape index (κ3) is 2.83. The van der Waals surface area contributed by atoms with Gasteiger partial charge in [0.2, 0.25) is 0 Å². The van der Waals surface area contributed by atoms with Crippen LogP contribution in [0, 0.1) is 0 Å². The molecule has 0 spiro atoms. The molecule has 1 aromatic heterocycles. The van der Waals surface area contributed by atoms with Crippen molar-refractivity contribution in [1.82, 2.24) is 9.78 Å². The first-order chi connectivity index (χ1) is 10.8. The lowest BCUT2D eigenvalue weighted by Gasteiger charge is -2.09. The number of carbonyl (C=O) groups is 1. The van der Waals surface area contributed by atoms with Crippen molar-refractivity contribution >= 4 is 11.6 Å². The van der Waals surface area contributed by atoms with Gasteiger partial charge < -0.3 is 10.1 Å². The van der Waals surface area contributed by atoms with Gasteiger partial charge in [-0.05, 0) is 42.5 Å². The molecule has 1 N–H and O–H groups in total. The van der Waals surface area contributed by atoms with Crippen molar-refractivity contribution in [1.29, 1.82) is 0 Å². The predicted octanol–water partition coefficient (Wildman–Crippen LogP) is 3.13. The molecule has 0 saturated heterocycles. The summed E-state index contributed by atoms with van der Waals surface area (Å²) >= 11 is 0. The molecule has 0 atom stereocenters. The molecule has 5 nitrogen and oxygen atoms in total. The third-order valence-electron chi connectivity index (χ3n) is 3.25. The topological polar surface area (TPSA) is 56.1 Å². The molecule has 1 heterocycles. The summed E-state index contributed by atoms with van der Waals surface area (Å²) in [4.78, 5) is 12.3. The Hall–Kier alpha value is -3.08. The van der Waals surface area contributed by atoms with E-state index in [4.69, 9.17) is 4.74 Å². The van der Waals surface area contributed by atoms with Crippen molar-refractivity contribution in [2.75, 3.05) is 12.4 Å². The number of rotatable bonds is 4. The van der Waals surface area contributed by atoms with Crippen LogP contribution in [-0.2, 0) is 0 Å². The number of nitrogens with zero attached hydrogens (tertiary/aromatic N) is 2. The predicted molar refractivity (Wildman–Crippen MR) is 84.5 cm³/mol. The van der Waals surface area contributed by atoms with Crippen molar-refractivity contribution in [2.45, 2.75) is 0 Å². The highest BCUT2D eigenvalue weighted by Crippen LogP contribution is 2.19. The minimum Gasteiger partial charge on any atom is -0.496 e. The minimum absolute atomic E-state index is 0.204. The maximum absolute atomic E-state index is 12.3. The summed E-state index contributed by atoms with van der Waals surface area (Å²) in [6.07, 6.45) is 3.58. The zero-order valence-electron chi connectivity index (χ0n) is 12.1. The number of aromatic nitrogens is 2. The van der Waals surface area contributed by atoms with E-state index < -0.39 is 0 Å². The highest BCUT2D eigenvalue weighted by atomic mass is 16.5. The Morgan fingerprint density at radius 3 is 2.55 bits per heavy atom. The fraction of sp³-hybridized carbons (Fsp3) is 0.0588. The highest BCUT2D eigenvalue weighted by molar-refractivity contribution is 6.06. The molecule has 5 heteroatoms. The standard InChI is InChI=1S/C17H15N3O2/c1-22-16-6-3-2-5-15(16)17(21)19-13-7-9-14(10-8-13)20-12-4-11-18-20/h2-12H,1H3,(H,19,21). The maximum Gasteiger partial charge on any atom is 0.259 e. The molecular formula is C17H15N3O2. The van der Waals surface area contributed by atoms with Gasteiger partial charge in [0, 0.05) is 18.1 Å². The molecule has 0 radical (unpaired) electrons. The minimum atomic E-state index is -0.204. The number of methoxy groups -OCH3 is 1. The van der Waals surface area contributed by atoms with E-state index in [9.17, 15) is 4.79 Å². The van der Waals surface area contributed by atoms with E-state index in [1.54, 1.807) is 36.2 Å². The van der Waals surface area contributed by atoms with Gasteiger partial charge in [-0.15, -0.1) is 0 Å². The quantitative estimate of drug-likeness (QED) is 0.804. The van der Waals surface area contributed by atoms with E-state index in [1.807, 2.05) is 42.6 Å². The molecule has 2 aromatic carbocycles. The first kappa shape index (κ1) is 13.9. The van der Waals surface area contributed by atoms with Crippen molar-refractivity contribution < 1.29 is 9.53 Å². The van der Waals surface area contributed by atoms with Crippen LogP contribution in [0.4, 0.5) is 5.69 Å². The molecule has 0 aliphatic rings. The lowest BCUT2D eigenvalue weighted by molar-refractivity contribution is 0.102. The summed E-state index contributed by atoms with van der Waals surface area (Å²) in [5.74, 6) is 0.345. The number of para-hydroxylation sites is 1. The Morgan fingerprint density at radius 1 is 1.09 bits per heavy atom. The SMILES string of the molecule is COc1ccccc1C(=O)Nc1ccc(-n2cccn2)cc1. The number of hydrogen-bond donors (Lipinski definition) is 1. The molecule has 110 valence electrons. The van der Waals surface area contributed by atoms with Crippen LogP contribution >= 0.6 is 0 Å². The first-order valence-electron chi connectivity index (χ1n) is 6.82. The molecule has 0 aliphatic heterocycles. The van der Waals surface area contributed by atoms with Gasteiger partial charge in [-0.2, -0.15) is 5.10 Å². The van der Waals surface area contributed by atoms with Gasteiger partial charge in [-0.25, -0.2) is 4.68 Å². The van der Waals surface area contributed by atoms with Crippen LogP contribution in [0.25, 0.3) is 5.69 Å². The molecule has 22 heavy (non-hydrogen) atoms. The Kier molecular flexibility index (Phi) is 3.87. The van der Waals surface area contributed by atoms with E-state index in [1.165, 1.54) is 0 Å². The zero-order valence-corrected chi connectivity index (χ0v) is 12.1. The van der Waals surface area contributed by atoms with Gasteiger partial charge in [0.1, 0.15) is 5.75 Å². The van der Waals surface area contributed by atoms with Crippen molar-refractivity contribution in [3.05, 3.63) is 72.6 Å². The Bertz CT molecular complexity index is 765. The third-order valence-corrected chi connectivity index (χ3v) is 3.25. The fourth-order valence-corrected chi connectivity index (χ4v) is 2.15. The van der Waals surface area contributed by atoms with Gasteiger partial charge in [0.15, 0.2) is 0 Å². The van der Waals surface area contributed by atoms with E-state index >= 15 is 0 Å². The zero-order chi connectivity index (χ0) is 15.4. The van der Waals surface area contributed by atoms with Gasteiger partial charge in [0.25, 0.3) is 5.91 Å². The average Bonchev–Trinajstić information content (AvgIpc) is 3.10. The molecular weight excluding hydrogens is 278 g/mol. The number of nitrogens with one attached hydrogen (secondary N) is 1. The summed E-state index contributed by atoms with van der Waals surface area (Å²) < 4.78 is 6.96. The Labute approximate surface area is 128 Å². The van der Waals surface area contributed by atoms with E-state index in [0.29, 0.717) is 17.0 Å². The number of benzene rings is 2. The molecule has 0 bridgehead atoms. The molecule has 0 unspecified atom stereocenters. The van der Waals surface area contributed by atoms with Crippen LogP contribution < -0.4 is 10.1 Å². The molecule has 0 fully saturated rings. The summed E-state index contributed by atoms with van der Waals surface area (Å²) in [6, 6.07) is 16.4. The van der Waals surface area contributed by atoms with Crippen LogP contribution in [-0.4, -0.2) is 22.8 Å². The number of ether oxygens (including phenoxy) is 1. The van der Waals surface area contributed by atoms with Gasteiger partial charge in [-0.3, -0.25) is 4.79 Å². The maximum atomic E-state index is 12.3. The Balaban J connectivity index is 1.77. The monoisotopic (exact) mass is 293 g/mol. The molecule has 0 saturated carbocycles. The number of carbonyl (C=O) groups excluding carboxylic acids is 1. The van der Waals surface area contributed by atoms with Crippen LogP contribution in [0.15, 0.2) is 67.0 Å². The summed E-state index contributed by atoms with van der Waals surface area (Å²) in [5, 5.41) is 7.02. The van der Waals surface area contributed by atoms with Crippen LogP contribution in [0.1, 0.15) is 10.4 Å².